The molecule has 0 aliphatic rings. The number of aryl methyl sites for hydroxylation is 1. The summed E-state index contributed by atoms with van der Waals surface area (Å²) in [6.07, 6.45) is 3.74. The fourth-order valence-electron chi connectivity index (χ4n) is 1.01. The van der Waals surface area contributed by atoms with E-state index in [-0.39, 0.29) is 32.7 Å². The van der Waals surface area contributed by atoms with Crippen LogP contribution in [0, 0.1) is 13.0 Å². The fourth-order valence-corrected chi connectivity index (χ4v) is 1.01. The Bertz CT molecular complexity index is 354. The van der Waals surface area contributed by atoms with E-state index in [4.69, 9.17) is 0 Å². The molecular weight excluding hydrogens is 213 g/mol. The normalized spacial score (nSPS) is 9.55. The van der Waals surface area contributed by atoms with E-state index >= 15 is 0 Å². The van der Waals surface area contributed by atoms with E-state index < -0.39 is 0 Å². The minimum Gasteiger partial charge on any atom is -0.340 e. The van der Waals surface area contributed by atoms with Gasteiger partial charge in [-0.1, -0.05) is 6.20 Å². The van der Waals surface area contributed by atoms with Gasteiger partial charge in [-0.25, -0.2) is 17.1 Å². The molecular formula is C8H7N2Y-. The molecule has 3 heteroatoms. The molecule has 0 bridgehead atoms. The summed E-state index contributed by atoms with van der Waals surface area (Å²) in [5, 5.41) is 0. The largest absolute Gasteiger partial charge is 0.340 e. The summed E-state index contributed by atoms with van der Waals surface area (Å²) in [7, 11) is 0. The topological polar surface area (TPSA) is 17.3 Å². The van der Waals surface area contributed by atoms with Crippen molar-refractivity contribution in [3.8, 4) is 0 Å². The summed E-state index contributed by atoms with van der Waals surface area (Å²) < 4.78 is 2.00. The molecule has 0 aliphatic carbocycles. The number of rotatable bonds is 0. The Labute approximate surface area is 90.5 Å². The van der Waals surface area contributed by atoms with E-state index in [0.717, 1.165) is 11.3 Å². The zero-order chi connectivity index (χ0) is 6.97. The van der Waals surface area contributed by atoms with E-state index in [2.05, 4.69) is 11.1 Å². The van der Waals surface area contributed by atoms with Crippen LogP contribution in [0.15, 0.2) is 24.5 Å². The SMILES string of the molecule is Cc1ncc2cc[c-]cn12.[Y]. The zero-order valence-corrected chi connectivity index (χ0v) is 9.12. The first-order chi connectivity index (χ1) is 4.88. The van der Waals surface area contributed by atoms with Gasteiger partial charge in [0.1, 0.15) is 5.82 Å². The monoisotopic (exact) mass is 220 g/mol. The predicted octanol–water partition coefficient (Wildman–Crippen LogP) is 1.44. The number of hydrogen-bond donors (Lipinski definition) is 0. The van der Waals surface area contributed by atoms with Gasteiger partial charge in [-0.15, -0.1) is 0 Å². The summed E-state index contributed by atoms with van der Waals surface area (Å²) in [6.45, 7) is 1.97. The Morgan fingerprint density at radius 3 is 3.09 bits per heavy atom. The van der Waals surface area contributed by atoms with Crippen molar-refractivity contribution >= 4 is 5.52 Å². The van der Waals surface area contributed by atoms with Crippen molar-refractivity contribution in [3.63, 3.8) is 0 Å². The third-order valence-electron chi connectivity index (χ3n) is 1.56. The summed E-state index contributed by atoms with van der Waals surface area (Å²) in [5.74, 6) is 1.01. The van der Waals surface area contributed by atoms with Crippen molar-refractivity contribution in [3.05, 3.63) is 36.4 Å². The van der Waals surface area contributed by atoms with Crippen LogP contribution in [0.4, 0.5) is 0 Å². The minimum absolute atomic E-state index is 0. The average molecular weight is 220 g/mol. The molecule has 0 saturated carbocycles. The van der Waals surface area contributed by atoms with Gasteiger partial charge < -0.3 is 4.40 Å². The maximum absolute atomic E-state index is 4.14. The van der Waals surface area contributed by atoms with Crippen molar-refractivity contribution in [2.24, 2.45) is 0 Å². The number of fused-ring (bicyclic) bond motifs is 1. The number of aromatic nitrogens is 2. The van der Waals surface area contributed by atoms with Crippen LogP contribution in [0.3, 0.4) is 0 Å². The molecule has 0 amide bonds. The molecule has 0 saturated heterocycles. The second kappa shape index (κ2) is 3.46. The smallest absolute Gasteiger partial charge is 0.107 e. The molecule has 53 valence electrons. The van der Waals surface area contributed by atoms with Crippen LogP contribution in [0.1, 0.15) is 5.82 Å². The Hall–Kier alpha value is -0.206. The van der Waals surface area contributed by atoms with Crippen molar-refractivity contribution < 1.29 is 32.7 Å². The van der Waals surface area contributed by atoms with Crippen LogP contribution in [0.2, 0.25) is 0 Å². The summed E-state index contributed by atoms with van der Waals surface area (Å²) >= 11 is 0. The average Bonchev–Trinajstić information content (AvgIpc) is 2.34. The third kappa shape index (κ3) is 1.52. The number of pyridine rings is 1. The van der Waals surface area contributed by atoms with Gasteiger partial charge in [0.25, 0.3) is 0 Å². The molecule has 0 aromatic carbocycles. The molecule has 2 aromatic heterocycles. The molecule has 1 radical (unpaired) electrons. The molecule has 2 aromatic rings. The van der Waals surface area contributed by atoms with Crippen LogP contribution in [-0.4, -0.2) is 9.38 Å². The van der Waals surface area contributed by atoms with Crippen LogP contribution in [-0.2, 0) is 32.7 Å². The first-order valence-corrected chi connectivity index (χ1v) is 3.18. The van der Waals surface area contributed by atoms with Crippen molar-refractivity contribution in [1.29, 1.82) is 0 Å². The molecule has 0 fully saturated rings. The van der Waals surface area contributed by atoms with Gasteiger partial charge in [0, 0.05) is 38.9 Å². The quantitative estimate of drug-likeness (QED) is 0.614. The van der Waals surface area contributed by atoms with Gasteiger partial charge in [0.2, 0.25) is 0 Å². The van der Waals surface area contributed by atoms with Crippen LogP contribution >= 0.6 is 0 Å². The summed E-state index contributed by atoms with van der Waals surface area (Å²) in [4.78, 5) is 4.14. The van der Waals surface area contributed by atoms with Gasteiger partial charge in [0.15, 0.2) is 0 Å². The molecule has 2 rings (SSSR count). The maximum atomic E-state index is 4.14. The van der Waals surface area contributed by atoms with E-state index in [0.29, 0.717) is 0 Å². The summed E-state index contributed by atoms with van der Waals surface area (Å²) in [5.41, 5.74) is 1.12. The maximum Gasteiger partial charge on any atom is 0.107 e. The van der Waals surface area contributed by atoms with Crippen molar-refractivity contribution in [2.75, 3.05) is 0 Å². The Balaban J connectivity index is 0.000000605. The molecule has 2 nitrogen and oxygen atoms in total. The van der Waals surface area contributed by atoms with E-state index in [1.54, 1.807) is 0 Å². The first kappa shape index (κ1) is 8.89. The Kier molecular flexibility index (Phi) is 2.80. The molecule has 0 aliphatic heterocycles. The van der Waals surface area contributed by atoms with Gasteiger partial charge in [-0.2, -0.15) is 6.07 Å². The molecule has 0 unspecified atom stereocenters. The van der Waals surface area contributed by atoms with Crippen LogP contribution in [0.25, 0.3) is 5.52 Å². The first-order valence-electron chi connectivity index (χ1n) is 3.18. The molecule has 0 atom stereocenters. The number of imidazole rings is 1. The number of nitrogens with zero attached hydrogens (tertiary/aromatic N) is 2. The molecule has 0 N–H and O–H groups in total. The van der Waals surface area contributed by atoms with Gasteiger partial charge in [-0.05, 0) is 12.4 Å². The molecule has 2 heterocycles. The minimum atomic E-state index is 0. The molecule has 0 spiro atoms. The predicted molar refractivity (Wildman–Crippen MR) is 38.8 cm³/mol. The van der Waals surface area contributed by atoms with Crippen LogP contribution in [0.5, 0.6) is 0 Å². The Morgan fingerprint density at radius 2 is 2.36 bits per heavy atom. The summed E-state index contributed by atoms with van der Waals surface area (Å²) in [6, 6.07) is 6.86. The van der Waals surface area contributed by atoms with Gasteiger partial charge in [-0.3, -0.25) is 0 Å². The van der Waals surface area contributed by atoms with E-state index in [9.17, 15) is 0 Å². The van der Waals surface area contributed by atoms with Gasteiger partial charge >= 0.3 is 0 Å². The van der Waals surface area contributed by atoms with Crippen molar-refractivity contribution in [2.45, 2.75) is 6.92 Å². The second-order valence-electron chi connectivity index (χ2n) is 2.23. The standard InChI is InChI=1S/C8H7N2.Y/c1-7-9-6-8-4-2-3-5-10(7)8;/h2,4-6H,1H3;/q-1;. The second-order valence-corrected chi connectivity index (χ2v) is 2.23. The van der Waals surface area contributed by atoms with Gasteiger partial charge in [0.05, 0.1) is 0 Å². The van der Waals surface area contributed by atoms with E-state index in [1.807, 2.05) is 35.9 Å². The number of hydrogen-bond acceptors (Lipinski definition) is 1. The Morgan fingerprint density at radius 1 is 1.55 bits per heavy atom. The fraction of sp³-hybridized carbons (Fsp3) is 0.125. The third-order valence-corrected chi connectivity index (χ3v) is 1.56. The van der Waals surface area contributed by atoms with E-state index in [1.165, 1.54) is 0 Å². The zero-order valence-electron chi connectivity index (χ0n) is 6.28. The molecule has 11 heavy (non-hydrogen) atoms. The van der Waals surface area contributed by atoms with Crippen molar-refractivity contribution in [1.82, 2.24) is 9.38 Å². The van der Waals surface area contributed by atoms with Crippen LogP contribution < -0.4 is 0 Å².